The molecule has 0 unspecified atom stereocenters. The topological polar surface area (TPSA) is 131 Å². The molecule has 694 valence electrons. The molecule has 32 rings (SSSR count). The number of aromatic nitrogens is 12. The van der Waals surface area contributed by atoms with Gasteiger partial charge in [0.2, 0.25) is 11.9 Å². The van der Waals surface area contributed by atoms with Crippen molar-refractivity contribution < 1.29 is 0 Å². The van der Waals surface area contributed by atoms with E-state index in [-0.39, 0.29) is 16.2 Å². The fourth-order valence-corrected chi connectivity index (χ4v) is 26.1. The van der Waals surface area contributed by atoms with E-state index in [0.29, 0.717) is 11.9 Å². The Bertz CT molecular complexity index is 10800. The summed E-state index contributed by atoms with van der Waals surface area (Å²) in [7, 11) is 0. The number of hydrogen-bond acceptors (Lipinski definition) is 9. The molecule has 148 heavy (non-hydrogen) atoms. The van der Waals surface area contributed by atoms with E-state index in [4.69, 9.17) is 29.9 Å². The maximum absolute atomic E-state index is 5.65. The SMILES string of the molecule is CC1(C)c2ccccc2-c2c1c1cnccc1c1c3ccccc3n(-c3cc(-c4ccccc4)c4ccc5c(-c6ccccc6)ccnc5c4n3)c21.CC1(C)c2ccccc2-c2c1c1cnccc1c1c3ccccc3n(-c3nc(-c4ccccc4)c4c5ccccc5c5ccccc5c4n3)c21.CC1(C)c2ccccc2-c2c1c1cnccc1c1c3ccccc3n(-c3nc(-c4ccccc4)c4ccc5ccccc5c4n3)c21. The van der Waals surface area contributed by atoms with Crippen LogP contribution in [0.2, 0.25) is 0 Å². The summed E-state index contributed by atoms with van der Waals surface area (Å²) in [6.45, 7) is 14.1. The standard InChI is InChI=1S/C48H32N4.C46H30N4.C42H28N4/c1-48(2)39-19-11-9-17-35(39)43-44(48)38-28-49-25-23-32(38)42-36-18-10-12-20-40(36)52(47(42)43)41-27-37(30-15-7-4-8-16-30)34-22-21-33-31(29-13-5-3-6-14-29)24-26-50-45(33)46(34)51-41;1-46(2)36-22-12-10-20-33(36)39-41(46)35-26-47-25-24-31(35)38-34-21-11-13-23-37(34)50(44(38)39)45-48-42(27-14-4-3-5-15-27)40-30-18-8-6-16-28(30)29-17-7-9-19-32(29)43(40)49-45;1-42(2)33-18-10-8-16-29(33)36-37(42)32-24-43-23-22-28(32)35-30-17-9-11-19-34(30)46(40(35)36)41-44-38(26-13-4-3-5-14-26)31-21-20-25-12-6-7-15-27(25)39(31)45-41/h3-28H,1-2H3;3-26H,1-2H3;3-24H,1-2H3. The predicted octanol–water partition coefficient (Wildman–Crippen LogP) is 34.0. The molecule has 19 aromatic carbocycles. The monoisotopic (exact) mass is 1890 g/mol. The first kappa shape index (κ1) is 84.7. The van der Waals surface area contributed by atoms with E-state index in [1.54, 1.807) is 0 Å². The molecule has 0 saturated heterocycles. The van der Waals surface area contributed by atoms with Gasteiger partial charge in [-0.05, 0) is 165 Å². The first-order valence-electron chi connectivity index (χ1n) is 50.9. The molecule has 29 aromatic rings. The Morgan fingerprint density at radius 2 is 0.568 bits per heavy atom. The Kier molecular flexibility index (Phi) is 18.3. The number of fused-ring (bicyclic) bond motifs is 42. The van der Waals surface area contributed by atoms with Gasteiger partial charge in [0, 0.05) is 168 Å². The van der Waals surface area contributed by atoms with E-state index in [1.807, 2.05) is 24.8 Å². The van der Waals surface area contributed by atoms with Crippen LogP contribution >= 0.6 is 0 Å². The van der Waals surface area contributed by atoms with Gasteiger partial charge in [0.15, 0.2) is 0 Å². The van der Waals surface area contributed by atoms with Crippen LogP contribution in [0, 0.1) is 0 Å². The van der Waals surface area contributed by atoms with Gasteiger partial charge in [-0.15, -0.1) is 0 Å². The fourth-order valence-electron chi connectivity index (χ4n) is 26.1. The van der Waals surface area contributed by atoms with Gasteiger partial charge in [-0.25, -0.2) is 24.9 Å². The zero-order valence-corrected chi connectivity index (χ0v) is 81.9. The van der Waals surface area contributed by atoms with Crippen molar-refractivity contribution in [2.75, 3.05) is 0 Å². The van der Waals surface area contributed by atoms with Crippen molar-refractivity contribution in [2.45, 2.75) is 57.8 Å². The molecule has 0 radical (unpaired) electrons. The highest BCUT2D eigenvalue weighted by Gasteiger charge is 2.45. The van der Waals surface area contributed by atoms with Gasteiger partial charge in [0.25, 0.3) is 0 Å². The van der Waals surface area contributed by atoms with Gasteiger partial charge in [-0.2, -0.15) is 0 Å². The number of hydrogen-bond donors (Lipinski definition) is 0. The second kappa shape index (κ2) is 32.0. The highest BCUT2D eigenvalue weighted by Crippen LogP contribution is 2.61. The van der Waals surface area contributed by atoms with E-state index in [0.717, 1.165) is 143 Å². The molecule has 0 N–H and O–H groups in total. The van der Waals surface area contributed by atoms with Crippen molar-refractivity contribution in [1.29, 1.82) is 0 Å². The van der Waals surface area contributed by atoms with Crippen LogP contribution in [-0.2, 0) is 16.2 Å². The normalized spacial score (nSPS) is 13.5. The van der Waals surface area contributed by atoms with E-state index in [1.165, 1.54) is 148 Å². The molecule has 10 aromatic heterocycles. The Hall–Kier alpha value is -18.9. The molecular formula is C136H90N12. The molecular weight excluding hydrogens is 1800 g/mol. The lowest BCUT2D eigenvalue weighted by molar-refractivity contribution is 0.666. The molecule has 0 spiro atoms. The molecule has 0 bridgehead atoms. The largest absolute Gasteiger partial charge is 0.293 e. The lowest BCUT2D eigenvalue weighted by Crippen LogP contribution is -2.15. The second-order valence-electron chi connectivity index (χ2n) is 41.2. The Morgan fingerprint density at radius 3 is 1.06 bits per heavy atom. The third kappa shape index (κ3) is 12.1. The lowest BCUT2D eigenvalue weighted by atomic mass is 9.80. The summed E-state index contributed by atoms with van der Waals surface area (Å²) >= 11 is 0. The van der Waals surface area contributed by atoms with Crippen molar-refractivity contribution in [1.82, 2.24) is 58.6 Å². The van der Waals surface area contributed by atoms with Crippen LogP contribution in [0.3, 0.4) is 0 Å². The summed E-state index contributed by atoms with van der Waals surface area (Å²) in [5.41, 5.74) is 33.8. The third-order valence-electron chi connectivity index (χ3n) is 32.4. The highest BCUT2D eigenvalue weighted by atomic mass is 15.2. The minimum atomic E-state index is -0.225. The summed E-state index contributed by atoms with van der Waals surface area (Å²) in [5, 5.41) is 25.6. The van der Waals surface area contributed by atoms with Crippen LogP contribution in [-0.4, -0.2) is 58.6 Å². The zero-order valence-electron chi connectivity index (χ0n) is 81.9. The van der Waals surface area contributed by atoms with Crippen LogP contribution in [0.25, 0.3) is 270 Å². The lowest BCUT2D eigenvalue weighted by Gasteiger charge is -2.23. The minimum absolute atomic E-state index is 0.210. The maximum Gasteiger partial charge on any atom is 0.235 e. The summed E-state index contributed by atoms with van der Waals surface area (Å²) in [4.78, 5) is 46.9. The van der Waals surface area contributed by atoms with Crippen molar-refractivity contribution in [3.63, 3.8) is 0 Å². The molecule has 0 atom stereocenters. The molecule has 10 heterocycles. The number of para-hydroxylation sites is 3. The fraction of sp³-hybridized carbons (Fsp3) is 0.0662. The minimum Gasteiger partial charge on any atom is -0.293 e. The Balaban J connectivity index is 0.000000103. The Morgan fingerprint density at radius 1 is 0.209 bits per heavy atom. The average Bonchev–Trinajstić information content (AvgIpc) is 1.53. The smallest absolute Gasteiger partial charge is 0.235 e. The van der Waals surface area contributed by atoms with Gasteiger partial charge in [0.05, 0.1) is 66.6 Å². The third-order valence-corrected chi connectivity index (χ3v) is 32.4. The summed E-state index contributed by atoms with van der Waals surface area (Å²) in [5.74, 6) is 2.21. The first-order valence-corrected chi connectivity index (χ1v) is 50.9. The van der Waals surface area contributed by atoms with Gasteiger partial charge < -0.3 is 0 Å². The summed E-state index contributed by atoms with van der Waals surface area (Å²) < 4.78 is 7.10. The molecule has 3 aliphatic rings. The number of rotatable bonds is 7. The molecule has 3 aliphatic carbocycles. The predicted molar refractivity (Wildman–Crippen MR) is 612 cm³/mol. The number of pyridine rings is 5. The average molecular weight is 1890 g/mol. The van der Waals surface area contributed by atoms with E-state index in [2.05, 4.69) is 483 Å². The van der Waals surface area contributed by atoms with Crippen molar-refractivity contribution in [3.8, 4) is 95.9 Å². The van der Waals surface area contributed by atoms with E-state index >= 15 is 0 Å². The van der Waals surface area contributed by atoms with E-state index < -0.39 is 0 Å². The van der Waals surface area contributed by atoms with Crippen LogP contribution in [0.15, 0.2) is 438 Å². The van der Waals surface area contributed by atoms with Crippen LogP contribution in [0.4, 0.5) is 0 Å². The zero-order chi connectivity index (χ0) is 98.3. The quantitative estimate of drug-likeness (QED) is 0.143. The van der Waals surface area contributed by atoms with Gasteiger partial charge in [-0.3, -0.25) is 33.6 Å². The molecule has 0 saturated carbocycles. The molecule has 0 aliphatic heterocycles. The van der Waals surface area contributed by atoms with Gasteiger partial charge in [-0.1, -0.05) is 381 Å². The maximum atomic E-state index is 5.65. The highest BCUT2D eigenvalue weighted by molar-refractivity contribution is 6.32. The number of nitrogens with zero attached hydrogens (tertiary/aromatic N) is 12. The summed E-state index contributed by atoms with van der Waals surface area (Å²) in [6.07, 6.45) is 13.9. The summed E-state index contributed by atoms with van der Waals surface area (Å²) in [6, 6.07) is 141. The molecule has 0 amide bonds. The van der Waals surface area contributed by atoms with Gasteiger partial charge in [0.1, 0.15) is 5.82 Å². The molecule has 0 fully saturated rings. The van der Waals surface area contributed by atoms with Crippen molar-refractivity contribution in [3.05, 3.63) is 471 Å². The first-order chi connectivity index (χ1) is 72.8. The second-order valence-corrected chi connectivity index (χ2v) is 41.2. The van der Waals surface area contributed by atoms with Crippen LogP contribution in [0.1, 0.15) is 74.9 Å². The van der Waals surface area contributed by atoms with Crippen molar-refractivity contribution >= 4 is 174 Å². The van der Waals surface area contributed by atoms with Crippen LogP contribution < -0.4 is 0 Å². The Labute approximate surface area is 851 Å². The molecule has 12 nitrogen and oxygen atoms in total. The van der Waals surface area contributed by atoms with Crippen LogP contribution in [0.5, 0.6) is 0 Å². The van der Waals surface area contributed by atoms with Crippen molar-refractivity contribution in [2.24, 2.45) is 0 Å². The molecule has 12 heteroatoms. The van der Waals surface area contributed by atoms with E-state index in [9.17, 15) is 0 Å². The number of benzene rings is 19. The van der Waals surface area contributed by atoms with Gasteiger partial charge >= 0.3 is 0 Å².